The molecule has 2 atom stereocenters. The molecule has 0 spiro atoms. The van der Waals surface area contributed by atoms with E-state index in [1.807, 2.05) is 0 Å². The third-order valence-electron chi connectivity index (χ3n) is 6.84. The fourth-order valence-electron chi connectivity index (χ4n) is 4.66. The Hall–Kier alpha value is -0.0800. The smallest absolute Gasteiger partial charge is 0.0540 e. The van der Waals surface area contributed by atoms with Crippen molar-refractivity contribution in [2.24, 2.45) is 0 Å². The first-order valence-electron chi connectivity index (χ1n) is 14.6. The Morgan fingerprint density at radius 2 is 0.581 bits per heavy atom. The van der Waals surface area contributed by atoms with E-state index in [4.69, 9.17) is 0 Å². The van der Waals surface area contributed by atoms with Gasteiger partial charge in [-0.3, -0.25) is 0 Å². The van der Waals surface area contributed by atoms with Gasteiger partial charge in [0, 0.05) is 0 Å². The van der Waals surface area contributed by atoms with Crippen molar-refractivity contribution in [2.45, 2.75) is 187 Å². The highest BCUT2D eigenvalue weighted by Gasteiger charge is 2.05. The molecule has 31 heavy (non-hydrogen) atoms. The molecule has 0 bridgehead atoms. The van der Waals surface area contributed by atoms with Crippen molar-refractivity contribution >= 4 is 0 Å². The minimum atomic E-state index is -0.107. The summed E-state index contributed by atoms with van der Waals surface area (Å²) >= 11 is 0. The second-order valence-corrected chi connectivity index (χ2v) is 10.2. The molecule has 2 heteroatoms. The molecule has 0 unspecified atom stereocenters. The maximum atomic E-state index is 10.1. The van der Waals surface area contributed by atoms with Gasteiger partial charge in [0.15, 0.2) is 0 Å². The number of aliphatic hydroxyl groups excluding tert-OH is 2. The van der Waals surface area contributed by atoms with Gasteiger partial charge in [-0.1, -0.05) is 149 Å². The lowest BCUT2D eigenvalue weighted by Crippen LogP contribution is -2.07. The summed E-state index contributed by atoms with van der Waals surface area (Å²) in [6, 6.07) is 0. The van der Waals surface area contributed by atoms with Gasteiger partial charge in [0.2, 0.25) is 0 Å². The topological polar surface area (TPSA) is 40.5 Å². The molecule has 0 heterocycles. The number of unbranched alkanes of at least 4 members (excludes halogenated alkanes) is 18. The molecular weight excluding hydrogens is 380 g/mol. The van der Waals surface area contributed by atoms with Gasteiger partial charge in [0.05, 0.1) is 12.2 Å². The van der Waals surface area contributed by atoms with Gasteiger partial charge in [0.1, 0.15) is 0 Å². The monoisotopic (exact) mass is 440 g/mol. The van der Waals surface area contributed by atoms with Crippen LogP contribution < -0.4 is 0 Å². The van der Waals surface area contributed by atoms with Crippen molar-refractivity contribution in [3.63, 3.8) is 0 Å². The molecule has 0 amide bonds. The largest absolute Gasteiger partial charge is 0.393 e. The summed E-state index contributed by atoms with van der Waals surface area (Å²) in [6.45, 7) is 4.41. The lowest BCUT2D eigenvalue weighted by atomic mass is 10.0. The molecule has 0 aliphatic rings. The highest BCUT2D eigenvalue weighted by Crippen LogP contribution is 2.16. The molecular formula is C29H60O2. The van der Waals surface area contributed by atoms with Crippen LogP contribution in [-0.2, 0) is 0 Å². The van der Waals surface area contributed by atoms with Crippen molar-refractivity contribution in [2.75, 3.05) is 0 Å². The standard InChI is InChI=1S/C29H60O2/c1-3-5-6-7-8-9-10-11-12-13-14-15-16-17-18-19-21-26-29(31)27-23-20-22-25-28(30)24-4-2/h28-31H,3-27H2,1-2H3/t28-,29+/m1/s1. The number of aliphatic hydroxyl groups is 2. The van der Waals surface area contributed by atoms with Crippen LogP contribution in [0, 0.1) is 0 Å². The molecule has 0 saturated carbocycles. The normalized spacial score (nSPS) is 13.5. The first-order chi connectivity index (χ1) is 15.2. The van der Waals surface area contributed by atoms with E-state index in [9.17, 15) is 10.2 Å². The lowest BCUT2D eigenvalue weighted by Gasteiger charge is -2.11. The maximum absolute atomic E-state index is 10.1. The fourth-order valence-corrected chi connectivity index (χ4v) is 4.66. The zero-order valence-corrected chi connectivity index (χ0v) is 21.7. The van der Waals surface area contributed by atoms with Crippen LogP contribution in [0.15, 0.2) is 0 Å². The van der Waals surface area contributed by atoms with E-state index in [0.29, 0.717) is 0 Å². The highest BCUT2D eigenvalue weighted by molar-refractivity contribution is 4.59. The summed E-state index contributed by atoms with van der Waals surface area (Å²) in [7, 11) is 0. The Morgan fingerprint density at radius 3 is 0.903 bits per heavy atom. The van der Waals surface area contributed by atoms with Crippen LogP contribution in [0.2, 0.25) is 0 Å². The lowest BCUT2D eigenvalue weighted by molar-refractivity contribution is 0.140. The van der Waals surface area contributed by atoms with E-state index in [1.54, 1.807) is 0 Å². The molecule has 0 aliphatic carbocycles. The first-order valence-corrected chi connectivity index (χ1v) is 14.6. The number of hydrogen-bond donors (Lipinski definition) is 2. The molecule has 0 aromatic heterocycles. The molecule has 0 fully saturated rings. The van der Waals surface area contributed by atoms with Crippen LogP contribution in [0.1, 0.15) is 174 Å². The SMILES string of the molecule is CCCCCCCCCCCCCCCCCCC[C@H](O)CCCCC[C@H](O)CCC. The molecule has 0 aliphatic heterocycles. The average Bonchev–Trinajstić information content (AvgIpc) is 2.76. The second-order valence-electron chi connectivity index (χ2n) is 10.2. The Kier molecular flexibility index (Phi) is 26.1. The van der Waals surface area contributed by atoms with Crippen LogP contribution in [0.25, 0.3) is 0 Å². The highest BCUT2D eigenvalue weighted by atomic mass is 16.3. The van der Waals surface area contributed by atoms with E-state index in [0.717, 1.165) is 51.4 Å². The van der Waals surface area contributed by atoms with Gasteiger partial charge in [-0.25, -0.2) is 0 Å². The van der Waals surface area contributed by atoms with Gasteiger partial charge < -0.3 is 10.2 Å². The zero-order valence-electron chi connectivity index (χ0n) is 21.7. The molecule has 0 rings (SSSR count). The summed E-state index contributed by atoms with van der Waals surface area (Å²) in [4.78, 5) is 0. The maximum Gasteiger partial charge on any atom is 0.0540 e. The molecule has 188 valence electrons. The molecule has 0 radical (unpaired) electrons. The minimum absolute atomic E-state index is 0.100. The first kappa shape index (κ1) is 30.9. The Morgan fingerprint density at radius 1 is 0.323 bits per heavy atom. The van der Waals surface area contributed by atoms with Crippen LogP contribution in [0.4, 0.5) is 0 Å². The van der Waals surface area contributed by atoms with Crippen molar-refractivity contribution in [1.82, 2.24) is 0 Å². The quantitative estimate of drug-likeness (QED) is 0.131. The predicted octanol–water partition coefficient (Wildman–Crippen LogP) is 9.50. The molecule has 2 nitrogen and oxygen atoms in total. The molecule has 0 aromatic rings. The van der Waals surface area contributed by atoms with E-state index in [2.05, 4.69) is 13.8 Å². The Bertz CT molecular complexity index is 318. The van der Waals surface area contributed by atoms with Crippen molar-refractivity contribution in [3.8, 4) is 0 Å². The summed E-state index contributed by atoms with van der Waals surface area (Å²) in [5, 5.41) is 19.8. The van der Waals surface area contributed by atoms with E-state index in [1.165, 1.54) is 109 Å². The second kappa shape index (κ2) is 26.2. The van der Waals surface area contributed by atoms with Crippen LogP contribution in [0.5, 0.6) is 0 Å². The van der Waals surface area contributed by atoms with Gasteiger partial charge in [-0.15, -0.1) is 0 Å². The summed E-state index contributed by atoms with van der Waals surface area (Å²) < 4.78 is 0. The Balaban J connectivity index is 3.15. The minimum Gasteiger partial charge on any atom is -0.393 e. The Labute approximate surface area is 197 Å². The predicted molar refractivity (Wildman–Crippen MR) is 139 cm³/mol. The van der Waals surface area contributed by atoms with Gasteiger partial charge in [-0.2, -0.15) is 0 Å². The van der Waals surface area contributed by atoms with Gasteiger partial charge >= 0.3 is 0 Å². The van der Waals surface area contributed by atoms with Crippen LogP contribution in [-0.4, -0.2) is 22.4 Å². The van der Waals surface area contributed by atoms with E-state index < -0.39 is 0 Å². The molecule has 0 saturated heterocycles. The number of rotatable bonds is 26. The van der Waals surface area contributed by atoms with Crippen molar-refractivity contribution < 1.29 is 10.2 Å². The summed E-state index contributed by atoms with van der Waals surface area (Å²) in [6.07, 6.45) is 31.9. The van der Waals surface area contributed by atoms with Crippen molar-refractivity contribution in [1.29, 1.82) is 0 Å². The summed E-state index contributed by atoms with van der Waals surface area (Å²) in [5.41, 5.74) is 0. The van der Waals surface area contributed by atoms with Gasteiger partial charge in [0.25, 0.3) is 0 Å². The van der Waals surface area contributed by atoms with E-state index >= 15 is 0 Å². The summed E-state index contributed by atoms with van der Waals surface area (Å²) in [5.74, 6) is 0. The molecule has 2 N–H and O–H groups in total. The van der Waals surface area contributed by atoms with Crippen molar-refractivity contribution in [3.05, 3.63) is 0 Å². The molecule has 0 aromatic carbocycles. The fraction of sp³-hybridized carbons (Fsp3) is 1.00. The third kappa shape index (κ3) is 26.1. The number of hydrogen-bond acceptors (Lipinski definition) is 2. The van der Waals surface area contributed by atoms with Crippen LogP contribution in [0.3, 0.4) is 0 Å². The van der Waals surface area contributed by atoms with Crippen LogP contribution >= 0.6 is 0 Å². The average molecular weight is 441 g/mol. The zero-order chi connectivity index (χ0) is 22.8. The van der Waals surface area contributed by atoms with Gasteiger partial charge in [-0.05, 0) is 25.7 Å². The third-order valence-corrected chi connectivity index (χ3v) is 6.84. The van der Waals surface area contributed by atoms with E-state index in [-0.39, 0.29) is 12.2 Å².